The third-order valence-electron chi connectivity index (χ3n) is 2.72. The van der Waals surface area contributed by atoms with Crippen LogP contribution in [0, 0.1) is 12.3 Å². The summed E-state index contributed by atoms with van der Waals surface area (Å²) in [5, 5.41) is 6.07. The number of terminal acetylenes is 1. The molecule has 0 fully saturated rings. The van der Waals surface area contributed by atoms with Gasteiger partial charge in [0.2, 0.25) is 5.91 Å². The highest BCUT2D eigenvalue weighted by Crippen LogP contribution is 2.30. The van der Waals surface area contributed by atoms with Crippen LogP contribution in [0.25, 0.3) is 0 Å². The molecule has 1 aliphatic heterocycles. The molecule has 1 aromatic rings. The third-order valence-corrected chi connectivity index (χ3v) is 2.72. The van der Waals surface area contributed by atoms with Crippen molar-refractivity contribution in [2.24, 2.45) is 0 Å². The van der Waals surface area contributed by atoms with Gasteiger partial charge in [-0.05, 0) is 11.6 Å². The Bertz CT molecular complexity index is 434. The number of anilines is 1. The number of hydrogen-bond donors (Lipinski definition) is 2. The van der Waals surface area contributed by atoms with Gasteiger partial charge in [0.05, 0.1) is 5.92 Å². The van der Waals surface area contributed by atoms with Gasteiger partial charge in [0, 0.05) is 25.2 Å². The number of para-hydroxylation sites is 1. The van der Waals surface area contributed by atoms with Crippen molar-refractivity contribution < 1.29 is 4.79 Å². The van der Waals surface area contributed by atoms with E-state index in [1.54, 1.807) is 0 Å². The van der Waals surface area contributed by atoms with E-state index in [0.717, 1.165) is 11.3 Å². The second kappa shape index (κ2) is 4.71. The molecule has 0 spiro atoms. The van der Waals surface area contributed by atoms with E-state index in [-0.39, 0.29) is 11.8 Å². The zero-order valence-electron chi connectivity index (χ0n) is 8.99. The first-order valence-corrected chi connectivity index (χ1v) is 5.37. The smallest absolute Gasteiger partial charge is 0.229 e. The van der Waals surface area contributed by atoms with Gasteiger partial charge in [-0.3, -0.25) is 4.79 Å². The van der Waals surface area contributed by atoms with Gasteiger partial charge in [0.25, 0.3) is 0 Å². The van der Waals surface area contributed by atoms with Crippen LogP contribution in [0.4, 0.5) is 5.69 Å². The second-order valence-corrected chi connectivity index (χ2v) is 3.77. The summed E-state index contributed by atoms with van der Waals surface area (Å²) in [5.74, 6) is 2.46. The van der Waals surface area contributed by atoms with Gasteiger partial charge in [0.1, 0.15) is 0 Å². The number of carbonyl (C=O) groups is 1. The van der Waals surface area contributed by atoms with Gasteiger partial charge in [-0.2, -0.15) is 0 Å². The Morgan fingerprint density at radius 3 is 3.19 bits per heavy atom. The van der Waals surface area contributed by atoms with Crippen molar-refractivity contribution in [3.05, 3.63) is 29.8 Å². The summed E-state index contributed by atoms with van der Waals surface area (Å²) in [6, 6.07) is 7.89. The molecule has 1 aromatic carbocycles. The van der Waals surface area contributed by atoms with Crippen LogP contribution in [-0.2, 0) is 4.79 Å². The maximum absolute atomic E-state index is 11.9. The summed E-state index contributed by atoms with van der Waals surface area (Å²) in [6.45, 7) is 1.22. The normalized spacial score (nSPS) is 17.1. The Labute approximate surface area is 95.2 Å². The van der Waals surface area contributed by atoms with Crippen molar-refractivity contribution in [2.75, 3.05) is 18.4 Å². The predicted molar refractivity (Wildman–Crippen MR) is 64.1 cm³/mol. The summed E-state index contributed by atoms with van der Waals surface area (Å²) in [6.07, 6.45) is 5.71. The van der Waals surface area contributed by atoms with Gasteiger partial charge in [-0.15, -0.1) is 12.3 Å². The average Bonchev–Trinajstić information content (AvgIpc) is 2.73. The Balaban J connectivity index is 2.02. The van der Waals surface area contributed by atoms with Crippen LogP contribution in [0.1, 0.15) is 17.9 Å². The molecular formula is C13H14N2O. The molecule has 0 radical (unpaired) electrons. The predicted octanol–water partition coefficient (Wildman–Crippen LogP) is 1.34. The number of rotatable bonds is 3. The maximum atomic E-state index is 11.9. The molecule has 82 valence electrons. The molecule has 1 heterocycles. The highest BCUT2D eigenvalue weighted by molar-refractivity contribution is 5.88. The fourth-order valence-corrected chi connectivity index (χ4v) is 1.90. The number of carbonyl (C=O) groups excluding carboxylic acids is 1. The van der Waals surface area contributed by atoms with Gasteiger partial charge < -0.3 is 10.6 Å². The Morgan fingerprint density at radius 1 is 1.56 bits per heavy atom. The summed E-state index contributed by atoms with van der Waals surface area (Å²) in [4.78, 5) is 11.9. The van der Waals surface area contributed by atoms with Crippen molar-refractivity contribution in [3.63, 3.8) is 0 Å². The minimum atomic E-state index is -0.0889. The minimum Gasteiger partial charge on any atom is -0.384 e. The standard InChI is InChI=1S/C13H14N2O/c1-2-3-8-14-13(16)11-9-15-12-7-5-4-6-10(11)12/h1,4-7,11,15H,3,8-9H2,(H,14,16). The maximum Gasteiger partial charge on any atom is 0.229 e. The Kier molecular flexibility index (Phi) is 3.11. The molecule has 1 atom stereocenters. The average molecular weight is 214 g/mol. The number of amides is 1. The largest absolute Gasteiger partial charge is 0.384 e. The molecule has 0 aliphatic carbocycles. The molecule has 0 aromatic heterocycles. The Morgan fingerprint density at radius 2 is 2.38 bits per heavy atom. The van der Waals surface area contributed by atoms with Crippen LogP contribution in [-0.4, -0.2) is 19.0 Å². The van der Waals surface area contributed by atoms with Crippen molar-refractivity contribution in [1.82, 2.24) is 5.32 Å². The van der Waals surface area contributed by atoms with Crippen molar-refractivity contribution >= 4 is 11.6 Å². The van der Waals surface area contributed by atoms with Crippen LogP contribution in [0.3, 0.4) is 0 Å². The van der Waals surface area contributed by atoms with E-state index >= 15 is 0 Å². The highest BCUT2D eigenvalue weighted by Gasteiger charge is 2.27. The van der Waals surface area contributed by atoms with Gasteiger partial charge in [-0.1, -0.05) is 18.2 Å². The number of hydrogen-bond acceptors (Lipinski definition) is 2. The summed E-state index contributed by atoms with van der Waals surface area (Å²) in [5.41, 5.74) is 2.13. The molecule has 16 heavy (non-hydrogen) atoms. The lowest BCUT2D eigenvalue weighted by Crippen LogP contribution is -2.30. The van der Waals surface area contributed by atoms with Crippen LogP contribution >= 0.6 is 0 Å². The van der Waals surface area contributed by atoms with E-state index in [9.17, 15) is 4.79 Å². The summed E-state index contributed by atoms with van der Waals surface area (Å²) in [7, 11) is 0. The van der Waals surface area contributed by atoms with E-state index < -0.39 is 0 Å². The quantitative estimate of drug-likeness (QED) is 0.589. The zero-order valence-corrected chi connectivity index (χ0v) is 8.99. The van der Waals surface area contributed by atoms with Crippen LogP contribution in [0.5, 0.6) is 0 Å². The SMILES string of the molecule is C#CCCNC(=O)C1CNc2ccccc21. The zero-order chi connectivity index (χ0) is 11.4. The van der Waals surface area contributed by atoms with E-state index in [4.69, 9.17) is 6.42 Å². The lowest BCUT2D eigenvalue weighted by molar-refractivity contribution is -0.122. The molecule has 2 rings (SSSR count). The van der Waals surface area contributed by atoms with Gasteiger partial charge in [-0.25, -0.2) is 0 Å². The van der Waals surface area contributed by atoms with Gasteiger partial charge >= 0.3 is 0 Å². The molecule has 0 saturated heterocycles. The number of benzene rings is 1. The lowest BCUT2D eigenvalue weighted by atomic mass is 10.0. The fraction of sp³-hybridized carbons (Fsp3) is 0.308. The Hall–Kier alpha value is -1.95. The topological polar surface area (TPSA) is 41.1 Å². The fourth-order valence-electron chi connectivity index (χ4n) is 1.90. The summed E-state index contributed by atoms with van der Waals surface area (Å²) < 4.78 is 0. The number of fused-ring (bicyclic) bond motifs is 1. The number of nitrogens with one attached hydrogen (secondary N) is 2. The summed E-state index contributed by atoms with van der Waals surface area (Å²) >= 11 is 0. The van der Waals surface area contributed by atoms with E-state index in [1.165, 1.54) is 0 Å². The molecular weight excluding hydrogens is 200 g/mol. The first-order chi connectivity index (χ1) is 7.83. The van der Waals surface area contributed by atoms with Crippen LogP contribution in [0.15, 0.2) is 24.3 Å². The molecule has 2 N–H and O–H groups in total. The molecule has 0 saturated carbocycles. The minimum absolute atomic E-state index is 0.0488. The highest BCUT2D eigenvalue weighted by atomic mass is 16.1. The van der Waals surface area contributed by atoms with Crippen LogP contribution in [0.2, 0.25) is 0 Å². The lowest BCUT2D eigenvalue weighted by Gasteiger charge is -2.09. The third kappa shape index (κ3) is 2.01. The van der Waals surface area contributed by atoms with E-state index in [0.29, 0.717) is 19.5 Å². The molecule has 3 nitrogen and oxygen atoms in total. The second-order valence-electron chi connectivity index (χ2n) is 3.77. The monoisotopic (exact) mass is 214 g/mol. The molecule has 0 bridgehead atoms. The molecule has 1 amide bonds. The van der Waals surface area contributed by atoms with Crippen molar-refractivity contribution in [1.29, 1.82) is 0 Å². The van der Waals surface area contributed by atoms with Crippen LogP contribution < -0.4 is 10.6 Å². The van der Waals surface area contributed by atoms with Crippen molar-refractivity contribution in [3.8, 4) is 12.3 Å². The first-order valence-electron chi connectivity index (χ1n) is 5.37. The van der Waals surface area contributed by atoms with E-state index in [2.05, 4.69) is 16.6 Å². The van der Waals surface area contributed by atoms with E-state index in [1.807, 2.05) is 24.3 Å². The van der Waals surface area contributed by atoms with Crippen molar-refractivity contribution in [2.45, 2.75) is 12.3 Å². The first kappa shape index (κ1) is 10.6. The van der Waals surface area contributed by atoms with Gasteiger partial charge in [0.15, 0.2) is 0 Å². The molecule has 1 unspecified atom stereocenters. The molecule has 1 aliphatic rings. The molecule has 3 heteroatoms.